The minimum absolute atomic E-state index is 0.823. The van der Waals surface area contributed by atoms with Gasteiger partial charge in [-0.3, -0.25) is 0 Å². The first-order valence-electron chi connectivity index (χ1n) is 5.64. The highest BCUT2D eigenvalue weighted by Crippen LogP contribution is 2.30. The van der Waals surface area contributed by atoms with Crippen LogP contribution in [0.2, 0.25) is 0 Å². The number of imidazole rings is 1. The number of rotatable bonds is 3. The van der Waals surface area contributed by atoms with Crippen molar-refractivity contribution in [1.29, 1.82) is 0 Å². The third kappa shape index (κ3) is 2.74. The van der Waals surface area contributed by atoms with Crippen LogP contribution in [0.25, 0.3) is 11.0 Å². The van der Waals surface area contributed by atoms with E-state index in [-0.39, 0.29) is 0 Å². The molecule has 1 heterocycles. The molecule has 3 nitrogen and oxygen atoms in total. The fourth-order valence-electron chi connectivity index (χ4n) is 1.76. The molecule has 19 heavy (non-hydrogen) atoms. The number of isothiocyanates is 1. The van der Waals surface area contributed by atoms with Crippen LogP contribution in [0.3, 0.4) is 0 Å². The number of thiocarbonyl (C=S) groups is 1. The summed E-state index contributed by atoms with van der Waals surface area (Å²) in [7, 11) is 0. The Balaban J connectivity index is 1.85. The molecular formula is C14H9N3S2. The fraction of sp³-hybridized carbons (Fsp3) is 0. The molecule has 0 aliphatic rings. The fourth-order valence-corrected chi connectivity index (χ4v) is 2.72. The average molecular weight is 283 g/mol. The summed E-state index contributed by atoms with van der Waals surface area (Å²) in [5.41, 5.74) is 2.85. The van der Waals surface area contributed by atoms with Crippen LogP contribution in [0.5, 0.6) is 0 Å². The van der Waals surface area contributed by atoms with Gasteiger partial charge in [-0.2, -0.15) is 4.99 Å². The van der Waals surface area contributed by atoms with E-state index in [4.69, 9.17) is 0 Å². The summed E-state index contributed by atoms with van der Waals surface area (Å²) in [5, 5.41) is 2.36. The summed E-state index contributed by atoms with van der Waals surface area (Å²) in [6.45, 7) is 0. The second-order valence-electron chi connectivity index (χ2n) is 3.88. The third-order valence-electron chi connectivity index (χ3n) is 2.64. The van der Waals surface area contributed by atoms with Crippen molar-refractivity contribution < 1.29 is 0 Å². The molecule has 0 aliphatic carbocycles. The average Bonchev–Trinajstić information content (AvgIpc) is 2.89. The van der Waals surface area contributed by atoms with Crippen LogP contribution in [0.15, 0.2) is 63.6 Å². The first-order valence-corrected chi connectivity index (χ1v) is 6.86. The maximum Gasteiger partial charge on any atom is 0.0931 e. The number of aliphatic imine (C=N–C) groups is 1. The highest BCUT2D eigenvalue weighted by molar-refractivity contribution is 7.99. The normalized spacial score (nSPS) is 10.3. The van der Waals surface area contributed by atoms with Gasteiger partial charge in [0.05, 0.1) is 28.2 Å². The molecule has 0 spiro atoms. The summed E-state index contributed by atoms with van der Waals surface area (Å²) < 4.78 is 0. The molecule has 3 rings (SSSR count). The molecule has 3 aromatic rings. The minimum Gasteiger partial charge on any atom is -0.345 e. The van der Waals surface area contributed by atoms with Crippen molar-refractivity contribution in [3.63, 3.8) is 0 Å². The number of H-pyrrole nitrogens is 1. The Hall–Kier alpha value is -1.94. The van der Waals surface area contributed by atoms with Crippen molar-refractivity contribution in [2.75, 3.05) is 0 Å². The van der Waals surface area contributed by atoms with Gasteiger partial charge in [-0.15, -0.1) is 0 Å². The van der Waals surface area contributed by atoms with Gasteiger partial charge in [0.1, 0.15) is 0 Å². The molecule has 0 bridgehead atoms. The molecule has 1 N–H and O–H groups in total. The molecule has 0 unspecified atom stereocenters. The van der Waals surface area contributed by atoms with Gasteiger partial charge in [0.2, 0.25) is 0 Å². The van der Waals surface area contributed by atoms with E-state index in [0.717, 1.165) is 21.6 Å². The van der Waals surface area contributed by atoms with Crippen molar-refractivity contribution >= 4 is 45.9 Å². The van der Waals surface area contributed by atoms with Crippen molar-refractivity contribution in [3.05, 3.63) is 48.8 Å². The second-order valence-corrected chi connectivity index (χ2v) is 5.21. The topological polar surface area (TPSA) is 41.0 Å². The van der Waals surface area contributed by atoms with Gasteiger partial charge in [0.15, 0.2) is 0 Å². The van der Waals surface area contributed by atoms with E-state index >= 15 is 0 Å². The maximum absolute atomic E-state index is 4.58. The number of benzene rings is 2. The lowest BCUT2D eigenvalue weighted by Crippen LogP contribution is -1.75. The number of nitrogens with one attached hydrogen (secondary N) is 1. The Labute approximate surface area is 119 Å². The lowest BCUT2D eigenvalue weighted by Gasteiger charge is -2.02. The summed E-state index contributed by atoms with van der Waals surface area (Å²) in [4.78, 5) is 13.6. The molecule has 92 valence electrons. The molecule has 0 amide bonds. The van der Waals surface area contributed by atoms with Crippen LogP contribution < -0.4 is 0 Å². The lowest BCUT2D eigenvalue weighted by atomic mass is 10.3. The predicted molar refractivity (Wildman–Crippen MR) is 81.3 cm³/mol. The Morgan fingerprint density at radius 1 is 1.11 bits per heavy atom. The highest BCUT2D eigenvalue weighted by atomic mass is 32.2. The Kier molecular flexibility index (Phi) is 3.42. The standard InChI is InChI=1S/C14H9N3S2/c18-9-17-10-1-3-11(4-2-10)19-12-5-6-13-14(7-12)16-8-15-13/h1-8H,(H,15,16). The molecule has 2 aromatic carbocycles. The van der Waals surface area contributed by atoms with Crippen molar-refractivity contribution in [3.8, 4) is 0 Å². The second kappa shape index (κ2) is 5.36. The molecule has 5 heteroatoms. The van der Waals surface area contributed by atoms with Crippen LogP contribution in [-0.4, -0.2) is 15.1 Å². The SMILES string of the molecule is S=C=Nc1ccc(Sc2ccc3nc[nH]c3c2)cc1. The number of aromatic nitrogens is 2. The van der Waals surface area contributed by atoms with Gasteiger partial charge in [0.25, 0.3) is 0 Å². The first kappa shape index (κ1) is 12.1. The number of hydrogen-bond donors (Lipinski definition) is 1. The van der Waals surface area contributed by atoms with Gasteiger partial charge in [0, 0.05) is 9.79 Å². The van der Waals surface area contributed by atoms with Crippen LogP contribution in [-0.2, 0) is 0 Å². The quantitative estimate of drug-likeness (QED) is 0.570. The Morgan fingerprint density at radius 2 is 1.89 bits per heavy atom. The van der Waals surface area contributed by atoms with E-state index in [2.05, 4.69) is 44.5 Å². The van der Waals surface area contributed by atoms with Crippen molar-refractivity contribution in [2.24, 2.45) is 4.99 Å². The van der Waals surface area contributed by atoms with Gasteiger partial charge >= 0.3 is 0 Å². The minimum atomic E-state index is 0.823. The smallest absolute Gasteiger partial charge is 0.0931 e. The van der Waals surface area contributed by atoms with Crippen LogP contribution in [0, 0.1) is 0 Å². The zero-order chi connectivity index (χ0) is 13.1. The molecule has 0 atom stereocenters. The van der Waals surface area contributed by atoms with E-state index in [0.29, 0.717) is 0 Å². The van der Waals surface area contributed by atoms with E-state index in [9.17, 15) is 0 Å². The van der Waals surface area contributed by atoms with Gasteiger partial charge in [-0.1, -0.05) is 11.8 Å². The predicted octanol–water partition coefficient (Wildman–Crippen LogP) is 4.45. The van der Waals surface area contributed by atoms with E-state index < -0.39 is 0 Å². The summed E-state index contributed by atoms with van der Waals surface area (Å²) >= 11 is 6.27. The lowest BCUT2D eigenvalue weighted by molar-refractivity contribution is 1.34. The van der Waals surface area contributed by atoms with E-state index in [1.165, 1.54) is 4.90 Å². The zero-order valence-corrected chi connectivity index (χ0v) is 11.5. The maximum atomic E-state index is 4.58. The van der Waals surface area contributed by atoms with Crippen LogP contribution in [0.1, 0.15) is 0 Å². The number of fused-ring (bicyclic) bond motifs is 1. The zero-order valence-electron chi connectivity index (χ0n) is 9.83. The van der Waals surface area contributed by atoms with Gasteiger partial charge in [-0.25, -0.2) is 4.98 Å². The molecule has 0 aliphatic heterocycles. The summed E-state index contributed by atoms with van der Waals surface area (Å²) in [6, 6.07) is 14.1. The molecule has 0 fully saturated rings. The number of nitrogens with zero attached hydrogens (tertiary/aromatic N) is 2. The first-order chi connectivity index (χ1) is 9.35. The largest absolute Gasteiger partial charge is 0.345 e. The van der Waals surface area contributed by atoms with Gasteiger partial charge < -0.3 is 4.98 Å². The third-order valence-corrected chi connectivity index (χ3v) is 3.73. The van der Waals surface area contributed by atoms with Crippen molar-refractivity contribution in [1.82, 2.24) is 9.97 Å². The number of aromatic amines is 1. The Morgan fingerprint density at radius 3 is 2.68 bits per heavy atom. The summed E-state index contributed by atoms with van der Waals surface area (Å²) in [5.74, 6) is 0. The van der Waals surface area contributed by atoms with E-state index in [1.807, 2.05) is 30.3 Å². The van der Waals surface area contributed by atoms with Crippen LogP contribution in [0.4, 0.5) is 5.69 Å². The highest BCUT2D eigenvalue weighted by Gasteiger charge is 2.01. The summed E-state index contributed by atoms with van der Waals surface area (Å²) in [6.07, 6.45) is 1.71. The molecule has 0 saturated heterocycles. The van der Waals surface area contributed by atoms with Gasteiger partial charge in [-0.05, 0) is 54.7 Å². The Bertz CT molecular complexity index is 756. The number of hydrogen-bond acceptors (Lipinski definition) is 4. The molecule has 1 aromatic heterocycles. The molecular weight excluding hydrogens is 274 g/mol. The molecule has 0 radical (unpaired) electrons. The molecule has 0 saturated carbocycles. The monoisotopic (exact) mass is 283 g/mol. The van der Waals surface area contributed by atoms with Crippen molar-refractivity contribution in [2.45, 2.75) is 9.79 Å². The van der Waals surface area contributed by atoms with Crippen LogP contribution >= 0.6 is 24.0 Å². The van der Waals surface area contributed by atoms with E-state index in [1.54, 1.807) is 18.1 Å².